The molecule has 3 aromatic rings. The second-order valence-corrected chi connectivity index (χ2v) is 6.82. The smallest absolute Gasteiger partial charge is 0.183 e. The summed E-state index contributed by atoms with van der Waals surface area (Å²) in [6, 6.07) is 16.1. The van der Waals surface area contributed by atoms with Crippen molar-refractivity contribution in [3.8, 4) is 5.75 Å². The number of aromatic nitrogens is 1. The van der Waals surface area contributed by atoms with Crippen LogP contribution in [0, 0.1) is 6.92 Å². The summed E-state index contributed by atoms with van der Waals surface area (Å²) in [5.41, 5.74) is 3.97. The fourth-order valence-corrected chi connectivity index (χ4v) is 3.06. The zero-order valence-electron chi connectivity index (χ0n) is 14.4. The van der Waals surface area contributed by atoms with E-state index in [9.17, 15) is 9.90 Å². The van der Waals surface area contributed by atoms with Gasteiger partial charge < -0.3 is 20.0 Å². The summed E-state index contributed by atoms with van der Waals surface area (Å²) in [4.78, 5) is 14.8. The van der Waals surface area contributed by atoms with Gasteiger partial charge >= 0.3 is 0 Å². The summed E-state index contributed by atoms with van der Waals surface area (Å²) in [5, 5.41) is 16.2. The van der Waals surface area contributed by atoms with Gasteiger partial charge in [-0.25, -0.2) is 4.98 Å². The van der Waals surface area contributed by atoms with Gasteiger partial charge in [-0.1, -0.05) is 42.0 Å². The number of hydrogen-bond donors (Lipinski definition) is 1. The van der Waals surface area contributed by atoms with Crippen molar-refractivity contribution in [3.63, 3.8) is 0 Å². The topological polar surface area (TPSA) is 74.3 Å². The normalized spacial score (nSPS) is 10.5. The highest BCUT2D eigenvalue weighted by atomic mass is 32.1. The number of carbonyl (C=O) groups is 1. The molecule has 134 valence electrons. The van der Waals surface area contributed by atoms with Gasteiger partial charge in [0.25, 0.3) is 0 Å². The maximum atomic E-state index is 10.6. The van der Waals surface area contributed by atoms with Gasteiger partial charge in [0, 0.05) is 24.3 Å². The standard InChI is InChI=1S/C20H20N2O3S/c1-14-2-4-16(5-3-14)12-25-18-8-6-15(7-9-18)11-21-20-22-17(13-26-20)10-19(23)24/h2-9,13H,10-12H2,1H3,(H,21,22)(H,23,24)/p-1. The molecule has 6 heteroatoms. The molecule has 5 nitrogen and oxygen atoms in total. The fourth-order valence-electron chi connectivity index (χ4n) is 2.35. The van der Waals surface area contributed by atoms with Crippen molar-refractivity contribution in [2.24, 2.45) is 0 Å². The molecule has 0 aliphatic carbocycles. The molecule has 0 spiro atoms. The number of hydrogen-bond acceptors (Lipinski definition) is 6. The predicted octanol–water partition coefficient (Wildman–Crippen LogP) is 2.94. The first-order valence-corrected chi connectivity index (χ1v) is 9.12. The molecule has 0 aliphatic heterocycles. The maximum absolute atomic E-state index is 10.6. The number of nitrogens with one attached hydrogen (secondary N) is 1. The molecule has 1 N–H and O–H groups in total. The Bertz CT molecular complexity index is 858. The van der Waals surface area contributed by atoms with Crippen molar-refractivity contribution in [2.75, 3.05) is 5.32 Å². The van der Waals surface area contributed by atoms with Gasteiger partial charge in [-0.15, -0.1) is 11.3 Å². The van der Waals surface area contributed by atoms with Crippen LogP contribution in [0.1, 0.15) is 22.4 Å². The van der Waals surface area contributed by atoms with Crippen LogP contribution in [0.2, 0.25) is 0 Å². The summed E-state index contributed by atoms with van der Waals surface area (Å²) in [6.45, 7) is 3.21. The summed E-state index contributed by atoms with van der Waals surface area (Å²) < 4.78 is 5.80. The Morgan fingerprint density at radius 3 is 2.50 bits per heavy atom. The monoisotopic (exact) mass is 367 g/mol. The molecule has 0 saturated carbocycles. The Balaban J connectivity index is 1.48. The molecule has 0 aliphatic rings. The van der Waals surface area contributed by atoms with Crippen LogP contribution in [0.15, 0.2) is 53.9 Å². The molecule has 0 unspecified atom stereocenters. The third-order valence-corrected chi connectivity index (χ3v) is 4.62. The zero-order chi connectivity index (χ0) is 18.4. The number of carboxylic acids is 1. The lowest BCUT2D eigenvalue weighted by molar-refractivity contribution is -0.304. The number of ether oxygens (including phenoxy) is 1. The number of carbonyl (C=O) groups excluding carboxylic acids is 1. The van der Waals surface area contributed by atoms with Crippen LogP contribution in [0.5, 0.6) is 5.75 Å². The van der Waals surface area contributed by atoms with E-state index in [0.29, 0.717) is 24.0 Å². The quantitative estimate of drug-likeness (QED) is 0.663. The highest BCUT2D eigenvalue weighted by Crippen LogP contribution is 2.18. The summed E-state index contributed by atoms with van der Waals surface area (Å²) >= 11 is 1.38. The summed E-state index contributed by atoms with van der Waals surface area (Å²) in [6.07, 6.45) is -0.162. The first-order chi connectivity index (χ1) is 12.6. The minimum atomic E-state index is -1.12. The van der Waals surface area contributed by atoms with Gasteiger partial charge in [0.05, 0.1) is 5.69 Å². The van der Waals surface area contributed by atoms with Crippen molar-refractivity contribution < 1.29 is 14.6 Å². The molecule has 26 heavy (non-hydrogen) atoms. The van der Waals surface area contributed by atoms with Gasteiger partial charge in [-0.3, -0.25) is 0 Å². The number of anilines is 1. The number of carboxylic acid groups (broad SMARTS) is 1. The first-order valence-electron chi connectivity index (χ1n) is 8.24. The van der Waals surface area contributed by atoms with Crippen LogP contribution in [0.25, 0.3) is 0 Å². The van der Waals surface area contributed by atoms with Crippen LogP contribution in [-0.4, -0.2) is 11.0 Å². The van der Waals surface area contributed by atoms with Gasteiger partial charge in [-0.2, -0.15) is 0 Å². The molecule has 1 aromatic heterocycles. The third-order valence-electron chi connectivity index (χ3n) is 3.77. The molecule has 0 amide bonds. The van der Waals surface area contributed by atoms with E-state index in [0.717, 1.165) is 16.9 Å². The minimum Gasteiger partial charge on any atom is -0.550 e. The van der Waals surface area contributed by atoms with E-state index >= 15 is 0 Å². The van der Waals surface area contributed by atoms with Crippen LogP contribution in [0.3, 0.4) is 0 Å². The number of aryl methyl sites for hydroxylation is 1. The average Bonchev–Trinajstić information content (AvgIpc) is 3.07. The lowest BCUT2D eigenvalue weighted by atomic mass is 10.2. The fraction of sp³-hybridized carbons (Fsp3) is 0.200. The number of aliphatic carboxylic acids is 1. The minimum absolute atomic E-state index is 0.162. The van der Waals surface area contributed by atoms with E-state index in [1.807, 2.05) is 24.3 Å². The summed E-state index contributed by atoms with van der Waals surface area (Å²) in [5.74, 6) is -0.303. The van der Waals surface area contributed by atoms with Gasteiger partial charge in [0.2, 0.25) is 0 Å². The second kappa shape index (κ2) is 8.49. The van der Waals surface area contributed by atoms with Crippen molar-refractivity contribution in [1.29, 1.82) is 0 Å². The average molecular weight is 367 g/mol. The Labute approximate surface area is 156 Å². The van der Waals surface area contributed by atoms with E-state index in [2.05, 4.69) is 41.5 Å². The van der Waals surface area contributed by atoms with Gasteiger partial charge in [-0.05, 0) is 30.2 Å². The highest BCUT2D eigenvalue weighted by molar-refractivity contribution is 7.13. The summed E-state index contributed by atoms with van der Waals surface area (Å²) in [7, 11) is 0. The molecular weight excluding hydrogens is 348 g/mol. The van der Waals surface area contributed by atoms with E-state index in [1.54, 1.807) is 5.38 Å². The molecule has 0 radical (unpaired) electrons. The van der Waals surface area contributed by atoms with E-state index < -0.39 is 5.97 Å². The van der Waals surface area contributed by atoms with Crippen LogP contribution >= 0.6 is 11.3 Å². The van der Waals surface area contributed by atoms with Crippen molar-refractivity contribution in [3.05, 3.63) is 76.3 Å². The number of thiazole rings is 1. The molecule has 0 fully saturated rings. The Hall–Kier alpha value is -2.86. The third kappa shape index (κ3) is 5.32. The van der Waals surface area contributed by atoms with Gasteiger partial charge in [0.1, 0.15) is 12.4 Å². The molecule has 0 bridgehead atoms. The highest BCUT2D eigenvalue weighted by Gasteiger charge is 2.03. The van der Waals surface area contributed by atoms with Crippen LogP contribution in [-0.2, 0) is 24.4 Å². The van der Waals surface area contributed by atoms with Crippen molar-refractivity contribution >= 4 is 22.4 Å². The van der Waals surface area contributed by atoms with Crippen molar-refractivity contribution in [2.45, 2.75) is 26.5 Å². The largest absolute Gasteiger partial charge is 0.550 e. The Kier molecular flexibility index (Phi) is 5.86. The lowest BCUT2D eigenvalue weighted by Gasteiger charge is -2.08. The molecule has 0 atom stereocenters. The molecule has 0 saturated heterocycles. The molecule has 1 heterocycles. The van der Waals surface area contributed by atoms with E-state index in [1.165, 1.54) is 16.9 Å². The molecule has 2 aromatic carbocycles. The van der Waals surface area contributed by atoms with E-state index in [4.69, 9.17) is 4.74 Å². The van der Waals surface area contributed by atoms with Crippen LogP contribution in [0.4, 0.5) is 5.13 Å². The predicted molar refractivity (Wildman–Crippen MR) is 100 cm³/mol. The van der Waals surface area contributed by atoms with Crippen LogP contribution < -0.4 is 15.2 Å². The first kappa shape index (κ1) is 17.9. The Morgan fingerprint density at radius 2 is 1.81 bits per heavy atom. The number of nitrogens with zero attached hydrogens (tertiary/aromatic N) is 1. The van der Waals surface area contributed by atoms with Crippen molar-refractivity contribution in [1.82, 2.24) is 4.98 Å². The molecule has 3 rings (SSSR count). The maximum Gasteiger partial charge on any atom is 0.183 e. The SMILES string of the molecule is Cc1ccc(COc2ccc(CNc3nc(CC(=O)[O-])cs3)cc2)cc1. The zero-order valence-corrected chi connectivity index (χ0v) is 15.2. The second-order valence-electron chi connectivity index (χ2n) is 5.96. The molecular formula is C20H19N2O3S-. The Morgan fingerprint density at radius 1 is 1.12 bits per heavy atom. The van der Waals surface area contributed by atoms with E-state index in [-0.39, 0.29) is 6.42 Å². The number of benzene rings is 2. The number of rotatable bonds is 8. The lowest BCUT2D eigenvalue weighted by Crippen LogP contribution is -2.24. The van der Waals surface area contributed by atoms with Gasteiger partial charge in [0.15, 0.2) is 5.13 Å².